The van der Waals surface area contributed by atoms with Gasteiger partial charge in [-0.3, -0.25) is 0 Å². The fourth-order valence-corrected chi connectivity index (χ4v) is 2.98. The van der Waals surface area contributed by atoms with Crippen molar-refractivity contribution in [3.63, 3.8) is 0 Å². The maximum atomic E-state index is 6.17. The molecule has 2 rings (SSSR count). The van der Waals surface area contributed by atoms with Crippen molar-refractivity contribution < 1.29 is 0 Å². The molecule has 1 aromatic rings. The standard InChI is InChI=1S/C14H19ClN2S/c1-17(9-11-4-2-3-5-12(11)15)10-14(6-7-14)8-13(16)18/h2-5H,6-10H2,1H3,(H2,16,18). The van der Waals surface area contributed by atoms with Gasteiger partial charge in [-0.15, -0.1) is 0 Å². The van der Waals surface area contributed by atoms with Crippen LogP contribution in [0.3, 0.4) is 0 Å². The monoisotopic (exact) mass is 282 g/mol. The summed E-state index contributed by atoms with van der Waals surface area (Å²) < 4.78 is 0. The number of hydrogen-bond acceptors (Lipinski definition) is 2. The third-order valence-corrected chi connectivity index (χ3v) is 4.02. The van der Waals surface area contributed by atoms with Crippen molar-refractivity contribution in [2.24, 2.45) is 11.1 Å². The zero-order chi connectivity index (χ0) is 13.2. The molecule has 18 heavy (non-hydrogen) atoms. The molecule has 0 spiro atoms. The van der Waals surface area contributed by atoms with Crippen LogP contribution >= 0.6 is 23.8 Å². The topological polar surface area (TPSA) is 29.3 Å². The molecular formula is C14H19ClN2S. The minimum absolute atomic E-state index is 0.335. The van der Waals surface area contributed by atoms with E-state index in [2.05, 4.69) is 18.0 Å². The van der Waals surface area contributed by atoms with E-state index in [1.165, 1.54) is 18.4 Å². The largest absolute Gasteiger partial charge is 0.393 e. The Morgan fingerprint density at radius 2 is 2.11 bits per heavy atom. The van der Waals surface area contributed by atoms with Crippen LogP contribution in [-0.2, 0) is 6.54 Å². The summed E-state index contributed by atoms with van der Waals surface area (Å²) in [6.45, 7) is 1.91. The average molecular weight is 283 g/mol. The van der Waals surface area contributed by atoms with Crippen molar-refractivity contribution >= 4 is 28.8 Å². The maximum Gasteiger partial charge on any atom is 0.0733 e. The number of nitrogens with zero attached hydrogens (tertiary/aromatic N) is 1. The van der Waals surface area contributed by atoms with E-state index < -0.39 is 0 Å². The first-order valence-electron chi connectivity index (χ1n) is 6.21. The Balaban J connectivity index is 1.91. The highest BCUT2D eigenvalue weighted by atomic mass is 35.5. The second kappa shape index (κ2) is 5.55. The van der Waals surface area contributed by atoms with E-state index >= 15 is 0 Å². The molecular weight excluding hydrogens is 264 g/mol. The number of nitrogens with two attached hydrogens (primary N) is 1. The predicted octanol–water partition coefficient (Wildman–Crippen LogP) is 3.23. The van der Waals surface area contributed by atoms with Gasteiger partial charge in [0.25, 0.3) is 0 Å². The lowest BCUT2D eigenvalue weighted by molar-refractivity contribution is 0.260. The van der Waals surface area contributed by atoms with Crippen LogP contribution in [0, 0.1) is 5.41 Å². The van der Waals surface area contributed by atoms with Gasteiger partial charge in [-0.1, -0.05) is 42.0 Å². The Kier molecular flexibility index (Phi) is 4.25. The maximum absolute atomic E-state index is 6.17. The molecule has 0 heterocycles. The van der Waals surface area contributed by atoms with Gasteiger partial charge in [-0.2, -0.15) is 0 Å². The van der Waals surface area contributed by atoms with Crippen LogP contribution in [0.15, 0.2) is 24.3 Å². The van der Waals surface area contributed by atoms with Crippen molar-refractivity contribution in [3.8, 4) is 0 Å². The van der Waals surface area contributed by atoms with Crippen LogP contribution in [0.4, 0.5) is 0 Å². The quantitative estimate of drug-likeness (QED) is 0.813. The summed E-state index contributed by atoms with van der Waals surface area (Å²) in [6, 6.07) is 8.00. The molecule has 4 heteroatoms. The van der Waals surface area contributed by atoms with Gasteiger partial charge in [-0.05, 0) is 36.9 Å². The lowest BCUT2D eigenvalue weighted by atomic mass is 10.0. The van der Waals surface area contributed by atoms with Gasteiger partial charge >= 0.3 is 0 Å². The van der Waals surface area contributed by atoms with Gasteiger partial charge in [0.2, 0.25) is 0 Å². The molecule has 0 atom stereocenters. The molecule has 0 amide bonds. The fraction of sp³-hybridized carbons (Fsp3) is 0.500. The molecule has 2 nitrogen and oxygen atoms in total. The van der Waals surface area contributed by atoms with Gasteiger partial charge in [0.1, 0.15) is 0 Å². The van der Waals surface area contributed by atoms with Crippen molar-refractivity contribution in [1.29, 1.82) is 0 Å². The molecule has 1 aliphatic carbocycles. The number of thiocarbonyl (C=S) groups is 1. The average Bonchev–Trinajstić information content (AvgIpc) is 3.00. The van der Waals surface area contributed by atoms with E-state index in [-0.39, 0.29) is 0 Å². The smallest absolute Gasteiger partial charge is 0.0733 e. The van der Waals surface area contributed by atoms with Crippen molar-refractivity contribution in [1.82, 2.24) is 4.90 Å². The molecule has 0 aliphatic heterocycles. The van der Waals surface area contributed by atoms with Crippen LogP contribution < -0.4 is 5.73 Å². The summed E-state index contributed by atoms with van der Waals surface area (Å²) >= 11 is 11.2. The first-order valence-corrected chi connectivity index (χ1v) is 7.00. The summed E-state index contributed by atoms with van der Waals surface area (Å²) in [6.07, 6.45) is 3.34. The van der Waals surface area contributed by atoms with Crippen LogP contribution in [0.5, 0.6) is 0 Å². The lowest BCUT2D eigenvalue weighted by Gasteiger charge is -2.23. The highest BCUT2D eigenvalue weighted by molar-refractivity contribution is 7.80. The summed E-state index contributed by atoms with van der Waals surface area (Å²) in [7, 11) is 2.13. The Morgan fingerprint density at radius 3 is 2.67 bits per heavy atom. The molecule has 1 fully saturated rings. The Bertz CT molecular complexity index is 443. The van der Waals surface area contributed by atoms with E-state index in [4.69, 9.17) is 29.6 Å². The van der Waals surface area contributed by atoms with Crippen LogP contribution in [0.1, 0.15) is 24.8 Å². The third-order valence-electron chi connectivity index (χ3n) is 3.51. The molecule has 1 aliphatic rings. The van der Waals surface area contributed by atoms with Crippen molar-refractivity contribution in [2.45, 2.75) is 25.8 Å². The Morgan fingerprint density at radius 1 is 1.44 bits per heavy atom. The summed E-state index contributed by atoms with van der Waals surface area (Å²) in [5, 5.41) is 0.837. The van der Waals surface area contributed by atoms with E-state index in [1.807, 2.05) is 18.2 Å². The highest BCUT2D eigenvalue weighted by Crippen LogP contribution is 2.49. The van der Waals surface area contributed by atoms with E-state index in [0.717, 1.165) is 24.5 Å². The van der Waals surface area contributed by atoms with Crippen LogP contribution in [-0.4, -0.2) is 23.5 Å². The molecule has 0 bridgehead atoms. The summed E-state index contributed by atoms with van der Waals surface area (Å²) in [5.74, 6) is 0. The van der Waals surface area contributed by atoms with E-state index in [9.17, 15) is 0 Å². The van der Waals surface area contributed by atoms with Gasteiger partial charge in [-0.25, -0.2) is 0 Å². The molecule has 0 unspecified atom stereocenters. The Labute approximate surface area is 119 Å². The van der Waals surface area contributed by atoms with Gasteiger partial charge in [0, 0.05) is 24.5 Å². The third kappa shape index (κ3) is 3.67. The lowest BCUT2D eigenvalue weighted by Crippen LogP contribution is -2.29. The predicted molar refractivity (Wildman–Crippen MR) is 80.9 cm³/mol. The highest BCUT2D eigenvalue weighted by Gasteiger charge is 2.43. The van der Waals surface area contributed by atoms with Crippen molar-refractivity contribution in [2.75, 3.05) is 13.6 Å². The Hall–Kier alpha value is -0.640. The zero-order valence-corrected chi connectivity index (χ0v) is 12.2. The molecule has 98 valence electrons. The number of rotatable bonds is 6. The summed E-state index contributed by atoms with van der Waals surface area (Å²) in [4.78, 5) is 2.95. The number of halogens is 1. The molecule has 2 N–H and O–H groups in total. The zero-order valence-electron chi connectivity index (χ0n) is 10.7. The van der Waals surface area contributed by atoms with E-state index in [0.29, 0.717) is 10.4 Å². The van der Waals surface area contributed by atoms with Crippen LogP contribution in [0.2, 0.25) is 5.02 Å². The second-order valence-electron chi connectivity index (χ2n) is 5.41. The minimum Gasteiger partial charge on any atom is -0.393 e. The minimum atomic E-state index is 0.335. The van der Waals surface area contributed by atoms with Gasteiger partial charge in [0.15, 0.2) is 0 Å². The van der Waals surface area contributed by atoms with Crippen molar-refractivity contribution in [3.05, 3.63) is 34.9 Å². The summed E-state index contributed by atoms with van der Waals surface area (Å²) in [5.41, 5.74) is 7.17. The fourth-order valence-electron chi connectivity index (χ4n) is 2.48. The second-order valence-corrected chi connectivity index (χ2v) is 6.34. The first kappa shape index (κ1) is 13.8. The first-order chi connectivity index (χ1) is 8.51. The molecule has 1 saturated carbocycles. The SMILES string of the molecule is CN(Cc1ccccc1Cl)CC1(CC(N)=S)CC1. The molecule has 0 saturated heterocycles. The van der Waals surface area contributed by atoms with Gasteiger partial charge < -0.3 is 10.6 Å². The van der Waals surface area contributed by atoms with Crippen LogP contribution in [0.25, 0.3) is 0 Å². The molecule has 0 aromatic heterocycles. The number of benzene rings is 1. The molecule has 1 aromatic carbocycles. The van der Waals surface area contributed by atoms with E-state index in [1.54, 1.807) is 0 Å². The number of hydrogen-bond donors (Lipinski definition) is 1. The normalized spacial score (nSPS) is 16.8. The molecule has 0 radical (unpaired) electrons. The van der Waals surface area contributed by atoms with Gasteiger partial charge in [0.05, 0.1) is 4.99 Å².